The predicted molar refractivity (Wildman–Crippen MR) is 38.1 cm³/mol. The summed E-state index contributed by atoms with van der Waals surface area (Å²) in [6.07, 6.45) is -0.665. The van der Waals surface area contributed by atoms with Gasteiger partial charge in [0.05, 0.1) is 6.42 Å². The van der Waals surface area contributed by atoms with Crippen molar-refractivity contribution >= 4 is 18.6 Å². The molecule has 0 radical (unpaired) electrons. The summed E-state index contributed by atoms with van der Waals surface area (Å²) in [7, 11) is 0. The third-order valence-corrected chi connectivity index (χ3v) is 2.54. The van der Waals surface area contributed by atoms with Gasteiger partial charge in [-0.25, -0.2) is 4.39 Å². The van der Waals surface area contributed by atoms with Gasteiger partial charge in [0.2, 0.25) is 0 Å². The Balaban J connectivity index is 2.45. The molecule has 1 N–H and O–H groups in total. The number of rotatable bonds is 3. The summed E-state index contributed by atoms with van der Waals surface area (Å²) in [5, 5.41) is 8.34. The largest absolute Gasteiger partial charge is 0.481 e. The Morgan fingerprint density at radius 1 is 1.90 bits per heavy atom. The molecule has 58 valence electrons. The van der Waals surface area contributed by atoms with Crippen LogP contribution in [0.25, 0.3) is 0 Å². The van der Waals surface area contributed by atoms with E-state index in [1.54, 1.807) is 0 Å². The number of hydrogen-bond acceptors (Lipinski definition) is 2. The molecule has 1 fully saturated rings. The highest BCUT2D eigenvalue weighted by molar-refractivity contribution is 7.80. The van der Waals surface area contributed by atoms with E-state index in [4.69, 9.17) is 5.11 Å². The first-order valence-corrected chi connectivity index (χ1v) is 3.71. The molecule has 10 heavy (non-hydrogen) atoms. The molecule has 0 amide bonds. The van der Waals surface area contributed by atoms with Crippen molar-refractivity contribution in [2.75, 3.05) is 5.75 Å². The minimum Gasteiger partial charge on any atom is -0.481 e. The fourth-order valence-corrected chi connectivity index (χ4v) is 1.44. The Kier molecular flexibility index (Phi) is 1.90. The second-order valence-corrected chi connectivity index (χ2v) is 3.08. The van der Waals surface area contributed by atoms with E-state index in [1.807, 2.05) is 0 Å². The number of aliphatic carboxylic acids is 1. The first-order chi connectivity index (χ1) is 4.60. The van der Waals surface area contributed by atoms with Crippen LogP contribution in [-0.2, 0) is 4.79 Å². The Bertz CT molecular complexity index is 158. The molecule has 0 aromatic carbocycles. The van der Waals surface area contributed by atoms with Crippen LogP contribution in [0, 0.1) is 5.41 Å². The monoisotopic (exact) mass is 164 g/mol. The Morgan fingerprint density at radius 2 is 2.40 bits per heavy atom. The van der Waals surface area contributed by atoms with E-state index >= 15 is 0 Å². The minimum atomic E-state index is -0.943. The average molecular weight is 164 g/mol. The summed E-state index contributed by atoms with van der Waals surface area (Å²) in [6, 6.07) is 0. The van der Waals surface area contributed by atoms with Crippen molar-refractivity contribution in [2.24, 2.45) is 5.41 Å². The molecule has 2 nitrogen and oxygen atoms in total. The van der Waals surface area contributed by atoms with E-state index < -0.39 is 17.6 Å². The van der Waals surface area contributed by atoms with Crippen molar-refractivity contribution in [3.63, 3.8) is 0 Å². The lowest BCUT2D eigenvalue weighted by Crippen LogP contribution is -2.13. The molecule has 0 heterocycles. The van der Waals surface area contributed by atoms with Crippen LogP contribution in [0.3, 0.4) is 0 Å². The van der Waals surface area contributed by atoms with Crippen molar-refractivity contribution in [1.29, 1.82) is 0 Å². The fourth-order valence-electron chi connectivity index (χ4n) is 1.00. The molecule has 2 atom stereocenters. The maximum absolute atomic E-state index is 12.5. The molecule has 1 aliphatic rings. The van der Waals surface area contributed by atoms with E-state index in [9.17, 15) is 9.18 Å². The van der Waals surface area contributed by atoms with Crippen molar-refractivity contribution in [3.8, 4) is 0 Å². The van der Waals surface area contributed by atoms with E-state index in [-0.39, 0.29) is 6.42 Å². The molecule has 0 bridgehead atoms. The molecule has 0 aliphatic heterocycles. The standard InChI is InChI=1S/C6H9FO2S/c7-4-1-6(4,3-10)2-5(8)9/h4,10H,1-3H2,(H,8,9)/t4-,6-/m0/s1. The second-order valence-electron chi connectivity index (χ2n) is 2.76. The molecule has 4 heteroatoms. The topological polar surface area (TPSA) is 37.3 Å². The maximum atomic E-state index is 12.5. The first-order valence-electron chi connectivity index (χ1n) is 3.07. The van der Waals surface area contributed by atoms with Crippen molar-refractivity contribution in [3.05, 3.63) is 0 Å². The lowest BCUT2D eigenvalue weighted by Gasteiger charge is -2.06. The van der Waals surface area contributed by atoms with Crippen LogP contribution in [0.2, 0.25) is 0 Å². The smallest absolute Gasteiger partial charge is 0.304 e. The van der Waals surface area contributed by atoms with Gasteiger partial charge < -0.3 is 5.11 Å². The third kappa shape index (κ3) is 1.26. The SMILES string of the molecule is O=C(O)C[C@]1(CS)C[C@@H]1F. The van der Waals surface area contributed by atoms with Gasteiger partial charge >= 0.3 is 5.97 Å². The molecule has 0 saturated heterocycles. The van der Waals surface area contributed by atoms with E-state index in [0.717, 1.165) is 0 Å². The molecule has 0 aromatic heterocycles. The predicted octanol–water partition coefficient (Wildman–Crippen LogP) is 1.12. The van der Waals surface area contributed by atoms with E-state index in [1.165, 1.54) is 0 Å². The minimum absolute atomic E-state index is 0.0856. The van der Waals surface area contributed by atoms with Gasteiger partial charge in [0.25, 0.3) is 0 Å². The maximum Gasteiger partial charge on any atom is 0.304 e. The number of carbonyl (C=O) groups is 1. The summed E-state index contributed by atoms with van der Waals surface area (Å²) < 4.78 is 12.5. The number of halogens is 1. The van der Waals surface area contributed by atoms with Gasteiger partial charge in [-0.05, 0) is 12.2 Å². The van der Waals surface area contributed by atoms with Crippen LogP contribution in [0.4, 0.5) is 4.39 Å². The molecule has 0 aromatic rings. The highest BCUT2D eigenvalue weighted by Gasteiger charge is 2.55. The van der Waals surface area contributed by atoms with Crippen LogP contribution in [0.5, 0.6) is 0 Å². The lowest BCUT2D eigenvalue weighted by molar-refractivity contribution is -0.138. The average Bonchev–Trinajstić information content (AvgIpc) is 2.42. The molecule has 0 unspecified atom stereocenters. The summed E-state index contributed by atoms with van der Waals surface area (Å²) in [5.74, 6) is -0.602. The summed E-state index contributed by atoms with van der Waals surface area (Å²) in [5.41, 5.74) is -0.630. The van der Waals surface area contributed by atoms with Crippen molar-refractivity contribution in [2.45, 2.75) is 19.0 Å². The van der Waals surface area contributed by atoms with Crippen molar-refractivity contribution < 1.29 is 14.3 Å². The Hall–Kier alpha value is -0.250. The normalized spacial score (nSPS) is 37.6. The van der Waals surface area contributed by atoms with Gasteiger partial charge in [0.1, 0.15) is 6.17 Å². The number of hydrogen-bond donors (Lipinski definition) is 2. The number of alkyl halides is 1. The number of carboxylic acids is 1. The zero-order chi connectivity index (χ0) is 7.78. The zero-order valence-corrected chi connectivity index (χ0v) is 6.27. The van der Waals surface area contributed by atoms with Gasteiger partial charge in [0.15, 0.2) is 0 Å². The quantitative estimate of drug-likeness (QED) is 0.613. The number of thiol groups is 1. The van der Waals surface area contributed by atoms with Gasteiger partial charge in [-0.3, -0.25) is 4.79 Å². The molecule has 1 saturated carbocycles. The zero-order valence-electron chi connectivity index (χ0n) is 5.38. The first kappa shape index (κ1) is 7.85. The van der Waals surface area contributed by atoms with Crippen LogP contribution >= 0.6 is 12.6 Å². The molecule has 1 rings (SSSR count). The highest BCUT2D eigenvalue weighted by Crippen LogP contribution is 2.52. The van der Waals surface area contributed by atoms with Gasteiger partial charge in [-0.15, -0.1) is 0 Å². The van der Waals surface area contributed by atoms with Gasteiger partial charge in [0, 0.05) is 5.41 Å². The van der Waals surface area contributed by atoms with Crippen molar-refractivity contribution in [1.82, 2.24) is 0 Å². The fraction of sp³-hybridized carbons (Fsp3) is 0.833. The van der Waals surface area contributed by atoms with Crippen LogP contribution in [-0.4, -0.2) is 23.0 Å². The van der Waals surface area contributed by atoms with Crippen LogP contribution in [0.1, 0.15) is 12.8 Å². The summed E-state index contributed by atoms with van der Waals surface area (Å²) in [4.78, 5) is 10.2. The van der Waals surface area contributed by atoms with Crippen LogP contribution in [0.15, 0.2) is 0 Å². The molecular formula is C6H9FO2S. The molecule has 0 spiro atoms. The highest BCUT2D eigenvalue weighted by atomic mass is 32.1. The summed E-state index contributed by atoms with van der Waals surface area (Å²) in [6.45, 7) is 0. The van der Waals surface area contributed by atoms with E-state index in [2.05, 4.69) is 12.6 Å². The second kappa shape index (κ2) is 2.42. The lowest BCUT2D eigenvalue weighted by atomic mass is 10.1. The van der Waals surface area contributed by atoms with E-state index in [0.29, 0.717) is 12.2 Å². The summed E-state index contributed by atoms with van der Waals surface area (Å²) >= 11 is 3.89. The molecular weight excluding hydrogens is 155 g/mol. The molecule has 1 aliphatic carbocycles. The third-order valence-electron chi connectivity index (χ3n) is 1.91. The Morgan fingerprint density at radius 3 is 2.50 bits per heavy atom. The Labute approximate surface area is 63.8 Å². The van der Waals surface area contributed by atoms with Gasteiger partial charge in [-0.2, -0.15) is 12.6 Å². The van der Waals surface area contributed by atoms with Gasteiger partial charge in [-0.1, -0.05) is 0 Å². The number of carboxylic acid groups (broad SMARTS) is 1. The van der Waals surface area contributed by atoms with Crippen LogP contribution < -0.4 is 0 Å².